The molecule has 2 fully saturated rings. The van der Waals surface area contributed by atoms with Gasteiger partial charge in [0.2, 0.25) is 0 Å². The number of aromatic nitrogens is 2. The van der Waals surface area contributed by atoms with E-state index in [0.717, 1.165) is 57.3 Å². The number of rotatable bonds is 11. The number of benzene rings is 4. The van der Waals surface area contributed by atoms with Gasteiger partial charge in [0.15, 0.2) is 5.82 Å². The molecule has 0 unspecified atom stereocenters. The minimum absolute atomic E-state index is 0.120. The molecule has 0 atom stereocenters. The summed E-state index contributed by atoms with van der Waals surface area (Å²) in [4.78, 5) is 26.7. The lowest BCUT2D eigenvalue weighted by Crippen LogP contribution is -2.46. The van der Waals surface area contributed by atoms with Gasteiger partial charge in [-0.3, -0.25) is 19.7 Å². The number of anilines is 3. The van der Waals surface area contributed by atoms with E-state index in [9.17, 15) is 18.5 Å². The zero-order chi connectivity index (χ0) is 35.4. The monoisotopic (exact) mass is 705 g/mol. The van der Waals surface area contributed by atoms with Gasteiger partial charge in [0.1, 0.15) is 12.0 Å². The lowest BCUT2D eigenvalue weighted by atomic mass is 9.89. The molecule has 2 aliphatic rings. The van der Waals surface area contributed by atoms with E-state index in [1.54, 1.807) is 0 Å². The van der Waals surface area contributed by atoms with E-state index in [-0.39, 0.29) is 16.4 Å². The van der Waals surface area contributed by atoms with Crippen LogP contribution in [0, 0.1) is 16.0 Å². The fourth-order valence-corrected chi connectivity index (χ4v) is 8.52. The Morgan fingerprint density at radius 1 is 0.882 bits per heavy atom. The molecule has 1 aliphatic carbocycles. The van der Waals surface area contributed by atoms with Crippen molar-refractivity contribution in [2.45, 2.75) is 43.5 Å². The Bertz CT molecular complexity index is 2120. The average molecular weight is 706 g/mol. The summed E-state index contributed by atoms with van der Waals surface area (Å²) in [6.45, 7) is 5.05. The van der Waals surface area contributed by atoms with Gasteiger partial charge in [-0.05, 0) is 65.8 Å². The predicted molar refractivity (Wildman–Crippen MR) is 203 cm³/mol. The highest BCUT2D eigenvalue weighted by molar-refractivity contribution is 7.92. The van der Waals surface area contributed by atoms with Gasteiger partial charge in [-0.2, -0.15) is 0 Å². The van der Waals surface area contributed by atoms with Crippen molar-refractivity contribution >= 4 is 43.8 Å². The van der Waals surface area contributed by atoms with Crippen LogP contribution in [0.15, 0.2) is 102 Å². The lowest BCUT2D eigenvalue weighted by Gasteiger charge is -2.36. The van der Waals surface area contributed by atoms with Crippen LogP contribution in [-0.2, 0) is 16.6 Å². The van der Waals surface area contributed by atoms with Gasteiger partial charge >= 0.3 is 0 Å². The third-order valence-electron chi connectivity index (χ3n) is 10.2. The Balaban J connectivity index is 1.03. The molecule has 5 aromatic rings. The van der Waals surface area contributed by atoms with E-state index in [2.05, 4.69) is 73.0 Å². The van der Waals surface area contributed by atoms with Gasteiger partial charge in [-0.15, -0.1) is 0 Å². The van der Waals surface area contributed by atoms with E-state index in [1.807, 2.05) is 36.2 Å². The molecule has 4 aromatic carbocycles. The molecule has 51 heavy (non-hydrogen) atoms. The summed E-state index contributed by atoms with van der Waals surface area (Å²) in [5.41, 5.74) is 5.55. The van der Waals surface area contributed by atoms with Crippen LogP contribution in [0.1, 0.15) is 37.7 Å². The summed E-state index contributed by atoms with van der Waals surface area (Å²) in [6.07, 6.45) is 7.11. The number of piperazine rings is 1. The molecular weight excluding hydrogens is 663 g/mol. The molecule has 1 saturated heterocycles. The van der Waals surface area contributed by atoms with Gasteiger partial charge in [-0.25, -0.2) is 18.4 Å². The van der Waals surface area contributed by atoms with E-state index in [1.165, 1.54) is 54.4 Å². The summed E-state index contributed by atoms with van der Waals surface area (Å²) in [5, 5.41) is 12.6. The van der Waals surface area contributed by atoms with Crippen LogP contribution in [0.5, 0.6) is 0 Å². The molecule has 1 N–H and O–H groups in total. The fraction of sp³-hybridized carbons (Fsp3) is 0.333. The van der Waals surface area contributed by atoms with Gasteiger partial charge in [0.25, 0.3) is 15.7 Å². The topological polar surface area (TPSA) is 125 Å². The standard InChI is InChI=1S/C39H43N7O4S/c1-43(26-29-10-4-2-5-11-29)37-19-17-33(25-38(37)46(47)48)51(49,50)42-39-35-18-16-32(24-36(35)40-28-41-39)45-22-20-44(21-23-45)27-31-14-8-9-15-34(31)30-12-6-3-7-13-30/h3,6-9,12-19,24-25,28-29H,2,4-5,10-11,20-23,26-27H2,1H3,(H,40,41,42). The van der Waals surface area contributed by atoms with Crippen LogP contribution >= 0.6 is 0 Å². The zero-order valence-electron chi connectivity index (χ0n) is 28.8. The number of nitrogens with zero attached hydrogens (tertiary/aromatic N) is 6. The Kier molecular flexibility index (Phi) is 10.1. The first-order valence-electron chi connectivity index (χ1n) is 17.6. The SMILES string of the molecule is CN(CC1CCCCC1)c1ccc(S(=O)(=O)Nc2ncnc3cc(N4CCN(Cc5ccccc5-c5ccccc5)CC4)ccc23)cc1[N+](=O)[O-]. The summed E-state index contributed by atoms with van der Waals surface area (Å²) >= 11 is 0. The highest BCUT2D eigenvalue weighted by atomic mass is 32.2. The molecule has 1 aliphatic heterocycles. The summed E-state index contributed by atoms with van der Waals surface area (Å²) in [7, 11) is -2.36. The minimum atomic E-state index is -4.19. The van der Waals surface area contributed by atoms with Crippen molar-refractivity contribution in [1.29, 1.82) is 0 Å². The molecule has 12 heteroatoms. The fourth-order valence-electron chi connectivity index (χ4n) is 7.47. The zero-order valence-corrected chi connectivity index (χ0v) is 29.6. The Labute approximate surface area is 299 Å². The minimum Gasteiger partial charge on any atom is -0.369 e. The van der Waals surface area contributed by atoms with Gasteiger partial charge in [0, 0.05) is 63.5 Å². The first-order chi connectivity index (χ1) is 24.7. The molecule has 0 radical (unpaired) electrons. The van der Waals surface area contributed by atoms with E-state index in [4.69, 9.17) is 0 Å². The summed E-state index contributed by atoms with van der Waals surface area (Å²) in [6, 6.07) is 28.9. The van der Waals surface area contributed by atoms with Crippen molar-refractivity contribution in [3.05, 3.63) is 113 Å². The molecular formula is C39H43N7O4S. The van der Waals surface area contributed by atoms with Gasteiger partial charge < -0.3 is 9.80 Å². The van der Waals surface area contributed by atoms with Crippen molar-refractivity contribution in [3.8, 4) is 11.1 Å². The molecule has 0 spiro atoms. The molecule has 0 bridgehead atoms. The number of nitro groups is 1. The van der Waals surface area contributed by atoms with E-state index in [0.29, 0.717) is 29.1 Å². The quantitative estimate of drug-likeness (QED) is 0.111. The number of hydrogen-bond acceptors (Lipinski definition) is 9. The largest absolute Gasteiger partial charge is 0.369 e. The Morgan fingerprint density at radius 3 is 2.39 bits per heavy atom. The predicted octanol–water partition coefficient (Wildman–Crippen LogP) is 7.34. The highest BCUT2D eigenvalue weighted by Crippen LogP contribution is 2.34. The molecule has 1 saturated carbocycles. The number of sulfonamides is 1. The maximum Gasteiger partial charge on any atom is 0.293 e. The van der Waals surface area contributed by atoms with Crippen LogP contribution in [-0.4, -0.2) is 68.0 Å². The normalized spacial score (nSPS) is 15.9. The Morgan fingerprint density at radius 2 is 1.63 bits per heavy atom. The Hall–Kier alpha value is -5.07. The van der Waals surface area contributed by atoms with Crippen molar-refractivity contribution in [1.82, 2.24) is 14.9 Å². The number of nitro benzene ring substituents is 1. The third-order valence-corrected chi connectivity index (χ3v) is 11.5. The highest BCUT2D eigenvalue weighted by Gasteiger charge is 2.26. The van der Waals surface area contributed by atoms with Crippen LogP contribution in [0.3, 0.4) is 0 Å². The second-order valence-electron chi connectivity index (χ2n) is 13.6. The summed E-state index contributed by atoms with van der Waals surface area (Å²) < 4.78 is 29.7. The number of fused-ring (bicyclic) bond motifs is 1. The summed E-state index contributed by atoms with van der Waals surface area (Å²) in [5.74, 6) is 0.590. The van der Waals surface area contributed by atoms with E-state index < -0.39 is 14.9 Å². The van der Waals surface area contributed by atoms with Crippen LogP contribution in [0.25, 0.3) is 22.0 Å². The molecule has 2 heterocycles. The van der Waals surface area contributed by atoms with Crippen LogP contribution in [0.4, 0.5) is 22.9 Å². The first-order valence-corrected chi connectivity index (χ1v) is 19.1. The first kappa shape index (κ1) is 34.4. The van der Waals surface area contributed by atoms with Crippen molar-refractivity contribution in [3.63, 3.8) is 0 Å². The number of hydrogen-bond donors (Lipinski definition) is 1. The van der Waals surface area contributed by atoms with Crippen LogP contribution < -0.4 is 14.5 Å². The average Bonchev–Trinajstić information content (AvgIpc) is 3.15. The number of nitrogens with one attached hydrogen (secondary N) is 1. The maximum absolute atomic E-state index is 13.6. The van der Waals surface area contributed by atoms with Crippen molar-refractivity contribution in [2.75, 3.05) is 54.3 Å². The van der Waals surface area contributed by atoms with Gasteiger partial charge in [-0.1, -0.05) is 73.9 Å². The lowest BCUT2D eigenvalue weighted by molar-refractivity contribution is -0.384. The van der Waals surface area contributed by atoms with Crippen molar-refractivity contribution < 1.29 is 13.3 Å². The second-order valence-corrected chi connectivity index (χ2v) is 15.3. The molecule has 264 valence electrons. The van der Waals surface area contributed by atoms with E-state index >= 15 is 0 Å². The smallest absolute Gasteiger partial charge is 0.293 e. The molecule has 7 rings (SSSR count). The van der Waals surface area contributed by atoms with Gasteiger partial charge in [0.05, 0.1) is 15.3 Å². The van der Waals surface area contributed by atoms with Crippen molar-refractivity contribution in [2.24, 2.45) is 5.92 Å². The molecule has 1 aromatic heterocycles. The van der Waals surface area contributed by atoms with Crippen LogP contribution in [0.2, 0.25) is 0 Å². The second kappa shape index (κ2) is 15.0. The molecule has 0 amide bonds. The third kappa shape index (κ3) is 7.82. The maximum atomic E-state index is 13.6. The molecule has 11 nitrogen and oxygen atoms in total.